The van der Waals surface area contributed by atoms with E-state index in [1.807, 2.05) is 35.1 Å². The Balaban J connectivity index is 1.41. The largest absolute Gasteiger partial charge is 0.485 e. The minimum absolute atomic E-state index is 0.429. The lowest BCUT2D eigenvalue weighted by Gasteiger charge is -2.17. The van der Waals surface area contributed by atoms with E-state index in [-0.39, 0.29) is 0 Å². The van der Waals surface area contributed by atoms with E-state index in [1.165, 1.54) is 36.9 Å². The minimum atomic E-state index is 0.429. The fourth-order valence-corrected chi connectivity index (χ4v) is 4.07. The van der Waals surface area contributed by atoms with Crippen LogP contribution in [0.15, 0.2) is 55.0 Å². The lowest BCUT2D eigenvalue weighted by molar-refractivity contribution is 0.304. The molecule has 142 valence electrons. The van der Waals surface area contributed by atoms with Crippen molar-refractivity contribution in [1.29, 1.82) is 0 Å². The van der Waals surface area contributed by atoms with Gasteiger partial charge in [0.15, 0.2) is 0 Å². The molecule has 0 aliphatic carbocycles. The first kappa shape index (κ1) is 17.2. The summed E-state index contributed by atoms with van der Waals surface area (Å²) >= 11 is 0. The summed E-state index contributed by atoms with van der Waals surface area (Å²) in [5.41, 5.74) is 5.30. The SMILES string of the molecule is Cc1cccn2cc(COc3ccc(CN4CCCC4)c4cccnc34)nc12. The van der Waals surface area contributed by atoms with Gasteiger partial charge >= 0.3 is 0 Å². The average molecular weight is 372 g/mol. The molecule has 3 aromatic heterocycles. The van der Waals surface area contributed by atoms with Gasteiger partial charge in [-0.25, -0.2) is 4.98 Å². The summed E-state index contributed by atoms with van der Waals surface area (Å²) in [6.45, 7) is 5.86. The van der Waals surface area contributed by atoms with Gasteiger partial charge in [-0.3, -0.25) is 9.88 Å². The maximum atomic E-state index is 6.15. The summed E-state index contributed by atoms with van der Waals surface area (Å²) in [6.07, 6.45) is 8.48. The number of hydrogen-bond donors (Lipinski definition) is 0. The van der Waals surface area contributed by atoms with Crippen LogP contribution in [0.2, 0.25) is 0 Å². The predicted molar refractivity (Wildman–Crippen MR) is 111 cm³/mol. The Morgan fingerprint density at radius 3 is 2.82 bits per heavy atom. The Hall–Kier alpha value is -2.92. The third-order valence-electron chi connectivity index (χ3n) is 5.52. The molecule has 0 unspecified atom stereocenters. The fourth-order valence-electron chi connectivity index (χ4n) is 4.07. The van der Waals surface area contributed by atoms with Crippen molar-refractivity contribution in [2.75, 3.05) is 13.1 Å². The van der Waals surface area contributed by atoms with E-state index in [4.69, 9.17) is 9.72 Å². The quantitative estimate of drug-likeness (QED) is 0.522. The topological polar surface area (TPSA) is 42.7 Å². The first-order chi connectivity index (χ1) is 13.8. The van der Waals surface area contributed by atoms with Gasteiger partial charge in [0.25, 0.3) is 0 Å². The van der Waals surface area contributed by atoms with Gasteiger partial charge in [-0.15, -0.1) is 0 Å². The number of pyridine rings is 2. The van der Waals surface area contributed by atoms with Crippen LogP contribution in [0.3, 0.4) is 0 Å². The molecule has 1 aromatic carbocycles. The van der Waals surface area contributed by atoms with E-state index in [0.29, 0.717) is 6.61 Å². The van der Waals surface area contributed by atoms with Crippen LogP contribution in [0.4, 0.5) is 0 Å². The Labute approximate surface area is 164 Å². The van der Waals surface area contributed by atoms with Crippen molar-refractivity contribution < 1.29 is 4.74 Å². The van der Waals surface area contributed by atoms with Crippen LogP contribution in [-0.4, -0.2) is 32.4 Å². The molecule has 0 spiro atoms. The molecule has 1 saturated heterocycles. The third-order valence-corrected chi connectivity index (χ3v) is 5.52. The van der Waals surface area contributed by atoms with E-state index in [0.717, 1.165) is 34.7 Å². The number of aromatic nitrogens is 3. The zero-order valence-electron chi connectivity index (χ0n) is 16.1. The fraction of sp³-hybridized carbons (Fsp3) is 0.304. The van der Waals surface area contributed by atoms with Crippen LogP contribution in [0.1, 0.15) is 29.7 Å². The predicted octanol–water partition coefficient (Wildman–Crippen LogP) is 4.37. The van der Waals surface area contributed by atoms with Crippen LogP contribution >= 0.6 is 0 Å². The highest BCUT2D eigenvalue weighted by Crippen LogP contribution is 2.29. The molecule has 4 aromatic rings. The highest BCUT2D eigenvalue weighted by molar-refractivity contribution is 5.87. The number of nitrogens with zero attached hydrogens (tertiary/aromatic N) is 4. The number of imidazole rings is 1. The average Bonchev–Trinajstić information content (AvgIpc) is 3.37. The van der Waals surface area contributed by atoms with Crippen LogP contribution in [0.5, 0.6) is 5.75 Å². The van der Waals surface area contributed by atoms with Crippen molar-refractivity contribution >= 4 is 16.6 Å². The van der Waals surface area contributed by atoms with E-state index in [9.17, 15) is 0 Å². The molecule has 1 aliphatic heterocycles. The van der Waals surface area contributed by atoms with Gasteiger partial charge in [0.2, 0.25) is 0 Å². The second-order valence-corrected chi connectivity index (χ2v) is 7.55. The molecule has 1 aliphatic rings. The molecule has 5 heteroatoms. The molecule has 5 nitrogen and oxygen atoms in total. The number of rotatable bonds is 5. The number of fused-ring (bicyclic) bond motifs is 2. The van der Waals surface area contributed by atoms with Crippen LogP contribution < -0.4 is 4.74 Å². The van der Waals surface area contributed by atoms with E-state index in [1.54, 1.807) is 0 Å². The van der Waals surface area contributed by atoms with E-state index in [2.05, 4.69) is 41.1 Å². The van der Waals surface area contributed by atoms with Gasteiger partial charge in [0.05, 0.1) is 5.69 Å². The number of hydrogen-bond acceptors (Lipinski definition) is 4. The monoisotopic (exact) mass is 372 g/mol. The van der Waals surface area contributed by atoms with Crippen molar-refractivity contribution in [2.24, 2.45) is 0 Å². The Morgan fingerprint density at radius 1 is 1.07 bits per heavy atom. The summed E-state index contributed by atoms with van der Waals surface area (Å²) in [5.74, 6) is 0.814. The summed E-state index contributed by atoms with van der Waals surface area (Å²) in [6, 6.07) is 12.5. The molecular formula is C23H24N4O. The summed E-state index contributed by atoms with van der Waals surface area (Å²) in [4.78, 5) is 11.8. The first-order valence-corrected chi connectivity index (χ1v) is 9.93. The van der Waals surface area contributed by atoms with Gasteiger partial charge in [-0.05, 0) is 62.2 Å². The molecule has 0 N–H and O–H groups in total. The van der Waals surface area contributed by atoms with Gasteiger partial charge in [-0.2, -0.15) is 0 Å². The van der Waals surface area contributed by atoms with Crippen molar-refractivity contribution in [3.63, 3.8) is 0 Å². The van der Waals surface area contributed by atoms with Gasteiger partial charge < -0.3 is 9.14 Å². The van der Waals surface area contributed by atoms with Gasteiger partial charge in [0, 0.05) is 30.5 Å². The highest BCUT2D eigenvalue weighted by atomic mass is 16.5. The zero-order valence-corrected chi connectivity index (χ0v) is 16.1. The van der Waals surface area contributed by atoms with Crippen LogP contribution in [-0.2, 0) is 13.2 Å². The second-order valence-electron chi connectivity index (χ2n) is 7.55. The van der Waals surface area contributed by atoms with E-state index < -0.39 is 0 Å². The maximum Gasteiger partial charge on any atom is 0.146 e. The first-order valence-electron chi connectivity index (χ1n) is 9.93. The molecule has 0 amide bonds. The van der Waals surface area contributed by atoms with Crippen molar-refractivity contribution in [3.8, 4) is 5.75 Å². The lowest BCUT2D eigenvalue weighted by Crippen LogP contribution is -2.18. The maximum absolute atomic E-state index is 6.15. The third kappa shape index (κ3) is 3.22. The Morgan fingerprint density at radius 2 is 1.96 bits per heavy atom. The van der Waals surface area contributed by atoms with Gasteiger partial charge in [-0.1, -0.05) is 18.2 Å². The highest BCUT2D eigenvalue weighted by Gasteiger charge is 2.15. The van der Waals surface area contributed by atoms with Crippen molar-refractivity contribution in [3.05, 3.63) is 71.8 Å². The lowest BCUT2D eigenvalue weighted by atomic mass is 10.1. The smallest absolute Gasteiger partial charge is 0.146 e. The van der Waals surface area contributed by atoms with Crippen LogP contribution in [0.25, 0.3) is 16.6 Å². The Kier molecular flexibility index (Phi) is 4.45. The molecule has 28 heavy (non-hydrogen) atoms. The molecule has 0 atom stereocenters. The summed E-state index contributed by atoms with van der Waals surface area (Å²) in [5, 5.41) is 1.18. The normalized spacial score (nSPS) is 14.9. The number of benzene rings is 1. The van der Waals surface area contributed by atoms with E-state index >= 15 is 0 Å². The zero-order chi connectivity index (χ0) is 18.9. The van der Waals surface area contributed by atoms with Crippen molar-refractivity contribution in [1.82, 2.24) is 19.3 Å². The molecule has 0 radical (unpaired) electrons. The molecule has 4 heterocycles. The molecule has 5 rings (SSSR count). The van der Waals surface area contributed by atoms with Crippen molar-refractivity contribution in [2.45, 2.75) is 32.9 Å². The van der Waals surface area contributed by atoms with Gasteiger partial charge in [0.1, 0.15) is 23.5 Å². The van der Waals surface area contributed by atoms with Crippen LogP contribution in [0, 0.1) is 6.92 Å². The Bertz CT molecular complexity index is 1130. The summed E-state index contributed by atoms with van der Waals surface area (Å²) in [7, 11) is 0. The summed E-state index contributed by atoms with van der Waals surface area (Å²) < 4.78 is 8.19. The molecule has 0 bridgehead atoms. The molecule has 0 saturated carbocycles. The number of likely N-dealkylation sites (tertiary alicyclic amines) is 1. The number of aryl methyl sites for hydroxylation is 1. The molecular weight excluding hydrogens is 348 g/mol. The standard InChI is InChI=1S/C23H24N4O/c1-17-6-5-13-27-15-19(25-23(17)27)16-28-21-9-8-18(14-26-11-2-3-12-26)20-7-4-10-24-22(20)21/h4-10,13,15H,2-3,11-12,14,16H2,1H3. The number of ether oxygens (including phenoxy) is 1. The second kappa shape index (κ2) is 7.24. The minimum Gasteiger partial charge on any atom is -0.485 e. The molecule has 1 fully saturated rings.